The van der Waals surface area contributed by atoms with E-state index in [1.54, 1.807) is 12.1 Å². The zero-order valence-electron chi connectivity index (χ0n) is 14.7. The van der Waals surface area contributed by atoms with Crippen LogP contribution >= 0.6 is 34.8 Å². The van der Waals surface area contributed by atoms with Crippen LogP contribution in [0.1, 0.15) is 38.5 Å². The quantitative estimate of drug-likeness (QED) is 0.739. The van der Waals surface area contributed by atoms with Gasteiger partial charge in [-0.2, -0.15) is 9.78 Å². The fourth-order valence-corrected chi connectivity index (χ4v) is 4.57. The van der Waals surface area contributed by atoms with Gasteiger partial charge in [-0.3, -0.25) is 4.79 Å². The van der Waals surface area contributed by atoms with Gasteiger partial charge in [-0.05, 0) is 43.9 Å². The maximum atomic E-state index is 12.3. The van der Waals surface area contributed by atoms with Gasteiger partial charge in [0.05, 0.1) is 33.2 Å². The van der Waals surface area contributed by atoms with Gasteiger partial charge in [0.15, 0.2) is 0 Å². The maximum Gasteiger partial charge on any atom is 0.291 e. The fourth-order valence-electron chi connectivity index (χ4n) is 4.09. The summed E-state index contributed by atoms with van der Waals surface area (Å²) < 4.78 is 7.28. The maximum absolute atomic E-state index is 12.3. The van der Waals surface area contributed by atoms with Crippen LogP contribution in [-0.4, -0.2) is 28.0 Å². The van der Waals surface area contributed by atoms with E-state index in [1.807, 2.05) is 6.07 Å². The molecule has 1 N–H and O–H groups in total. The molecule has 1 aliphatic heterocycles. The van der Waals surface area contributed by atoms with Crippen LogP contribution in [0.25, 0.3) is 5.69 Å². The normalized spacial score (nSPS) is 21.5. The molecule has 2 fully saturated rings. The Labute approximate surface area is 172 Å². The molecule has 1 saturated carbocycles. The number of hydrogen-bond donors (Lipinski definition) is 1. The van der Waals surface area contributed by atoms with Gasteiger partial charge in [0, 0.05) is 12.6 Å². The average Bonchev–Trinajstić information content (AvgIpc) is 3.09. The summed E-state index contributed by atoms with van der Waals surface area (Å²) in [6, 6.07) is 5.68. The molecule has 2 aromatic rings. The fraction of sp³-hybridized carbons (Fsp3) is 0.474. The van der Waals surface area contributed by atoms with Crippen LogP contribution in [0.15, 0.2) is 29.2 Å². The van der Waals surface area contributed by atoms with Crippen molar-refractivity contribution in [1.82, 2.24) is 9.78 Å². The predicted molar refractivity (Wildman–Crippen MR) is 109 cm³/mol. The number of nitrogens with zero attached hydrogens (tertiary/aromatic N) is 2. The van der Waals surface area contributed by atoms with Crippen LogP contribution in [0, 0.1) is 0 Å². The zero-order chi connectivity index (χ0) is 19.0. The van der Waals surface area contributed by atoms with E-state index in [0.29, 0.717) is 16.8 Å². The van der Waals surface area contributed by atoms with E-state index in [4.69, 9.17) is 39.5 Å². The lowest BCUT2D eigenvalue weighted by Gasteiger charge is -2.39. The molecule has 1 aromatic carbocycles. The van der Waals surface area contributed by atoms with Crippen molar-refractivity contribution >= 4 is 40.5 Å². The summed E-state index contributed by atoms with van der Waals surface area (Å²) in [7, 11) is 0. The van der Waals surface area contributed by atoms with E-state index in [2.05, 4.69) is 10.4 Å². The first-order chi connectivity index (χ1) is 13.0. The molecule has 1 saturated heterocycles. The molecule has 0 amide bonds. The number of rotatable bonds is 3. The first-order valence-electron chi connectivity index (χ1n) is 9.11. The van der Waals surface area contributed by atoms with E-state index in [-0.39, 0.29) is 15.6 Å². The Morgan fingerprint density at radius 2 is 1.96 bits per heavy atom. The lowest BCUT2D eigenvalue weighted by atomic mass is 9.89. The number of benzene rings is 1. The van der Waals surface area contributed by atoms with Gasteiger partial charge in [-0.1, -0.05) is 47.6 Å². The van der Waals surface area contributed by atoms with E-state index in [1.165, 1.54) is 23.7 Å². The third kappa shape index (κ3) is 3.83. The Morgan fingerprint density at radius 3 is 2.70 bits per heavy atom. The van der Waals surface area contributed by atoms with Crippen LogP contribution in [0.3, 0.4) is 0 Å². The van der Waals surface area contributed by atoms with Gasteiger partial charge >= 0.3 is 0 Å². The smallest absolute Gasteiger partial charge is 0.291 e. The van der Waals surface area contributed by atoms with Crippen molar-refractivity contribution in [2.75, 3.05) is 11.9 Å². The van der Waals surface area contributed by atoms with Crippen LogP contribution in [0.2, 0.25) is 15.1 Å². The van der Waals surface area contributed by atoms with Crippen molar-refractivity contribution in [3.8, 4) is 5.69 Å². The van der Waals surface area contributed by atoms with E-state index >= 15 is 0 Å². The lowest BCUT2D eigenvalue weighted by molar-refractivity contribution is -0.0767. The highest BCUT2D eigenvalue weighted by Gasteiger charge is 2.39. The zero-order valence-corrected chi connectivity index (χ0v) is 16.9. The standard InChI is InChI=1S/C19H20Cl3N3O2/c20-14-9-13(25-18(26)17(22)15(21)11-23-25)3-4-16(14)24-12-5-8-27-19(10-12)6-1-2-7-19/h3-4,9,11-12,24H,1-2,5-8,10H2. The molecular weight excluding hydrogens is 409 g/mol. The highest BCUT2D eigenvalue weighted by molar-refractivity contribution is 6.41. The molecule has 1 unspecified atom stereocenters. The summed E-state index contributed by atoms with van der Waals surface area (Å²) in [5, 5.41) is 8.18. The van der Waals surface area contributed by atoms with E-state index in [0.717, 1.165) is 38.0 Å². The third-order valence-electron chi connectivity index (χ3n) is 5.44. The minimum atomic E-state index is -0.478. The highest BCUT2D eigenvalue weighted by atomic mass is 35.5. The Morgan fingerprint density at radius 1 is 1.19 bits per heavy atom. The van der Waals surface area contributed by atoms with Crippen LogP contribution in [-0.2, 0) is 4.74 Å². The molecule has 0 radical (unpaired) electrons. The third-order valence-corrected chi connectivity index (χ3v) is 6.50. The van der Waals surface area contributed by atoms with Gasteiger partial charge in [-0.25, -0.2) is 0 Å². The van der Waals surface area contributed by atoms with Crippen LogP contribution in [0.5, 0.6) is 0 Å². The second kappa shape index (κ2) is 7.63. The van der Waals surface area contributed by atoms with Crippen LogP contribution < -0.4 is 10.9 Å². The monoisotopic (exact) mass is 427 g/mol. The minimum absolute atomic E-state index is 0.0413. The number of halogens is 3. The van der Waals surface area contributed by atoms with Crippen molar-refractivity contribution in [3.05, 3.63) is 49.8 Å². The second-order valence-corrected chi connectivity index (χ2v) is 8.45. The molecular formula is C19H20Cl3N3O2. The minimum Gasteiger partial charge on any atom is -0.381 e. The number of nitrogens with one attached hydrogen (secondary N) is 1. The van der Waals surface area contributed by atoms with Crippen molar-refractivity contribution in [1.29, 1.82) is 0 Å². The SMILES string of the molecule is O=c1c(Cl)c(Cl)cnn1-c1ccc(NC2CCOC3(CCCC3)C2)c(Cl)c1. The molecule has 2 aliphatic rings. The Kier molecular flexibility index (Phi) is 5.39. The molecule has 1 aromatic heterocycles. The summed E-state index contributed by atoms with van der Waals surface area (Å²) in [5.74, 6) is 0. The van der Waals surface area contributed by atoms with Gasteiger partial charge < -0.3 is 10.1 Å². The molecule has 1 atom stereocenters. The lowest BCUT2D eigenvalue weighted by Crippen LogP contribution is -2.42. The largest absolute Gasteiger partial charge is 0.381 e. The summed E-state index contributed by atoms with van der Waals surface area (Å²) >= 11 is 18.2. The molecule has 2 heterocycles. The van der Waals surface area contributed by atoms with E-state index < -0.39 is 5.56 Å². The summed E-state index contributed by atoms with van der Waals surface area (Å²) in [6.45, 7) is 0.774. The van der Waals surface area contributed by atoms with E-state index in [9.17, 15) is 4.79 Å². The molecule has 8 heteroatoms. The first-order valence-corrected chi connectivity index (χ1v) is 10.2. The number of aromatic nitrogens is 2. The second-order valence-electron chi connectivity index (χ2n) is 7.26. The van der Waals surface area contributed by atoms with Crippen molar-refractivity contribution < 1.29 is 4.74 Å². The highest BCUT2D eigenvalue weighted by Crippen LogP contribution is 2.41. The molecule has 1 aliphatic carbocycles. The van der Waals surface area contributed by atoms with Gasteiger partial charge in [0.25, 0.3) is 5.56 Å². The van der Waals surface area contributed by atoms with Gasteiger partial charge in [0.2, 0.25) is 0 Å². The van der Waals surface area contributed by atoms with Crippen molar-refractivity contribution in [2.45, 2.75) is 50.2 Å². The Bertz CT molecular complexity index is 910. The summed E-state index contributed by atoms with van der Waals surface area (Å²) in [6.07, 6.45) is 8.07. The van der Waals surface area contributed by atoms with Gasteiger partial charge in [0.1, 0.15) is 5.02 Å². The van der Waals surface area contributed by atoms with Crippen molar-refractivity contribution in [2.24, 2.45) is 0 Å². The predicted octanol–water partition coefficient (Wildman–Crippen LogP) is 5.10. The molecule has 5 nitrogen and oxygen atoms in total. The molecule has 27 heavy (non-hydrogen) atoms. The molecule has 144 valence electrons. The molecule has 4 rings (SSSR count). The molecule has 0 bridgehead atoms. The van der Waals surface area contributed by atoms with Gasteiger partial charge in [-0.15, -0.1) is 0 Å². The summed E-state index contributed by atoms with van der Waals surface area (Å²) in [5.41, 5.74) is 0.940. The Hall–Kier alpha value is -1.27. The topological polar surface area (TPSA) is 56.2 Å². The van der Waals surface area contributed by atoms with Crippen LogP contribution in [0.4, 0.5) is 5.69 Å². The summed E-state index contributed by atoms with van der Waals surface area (Å²) in [4.78, 5) is 12.3. The van der Waals surface area contributed by atoms with Crippen molar-refractivity contribution in [3.63, 3.8) is 0 Å². The molecule has 1 spiro atoms. The first kappa shape index (κ1) is 19.1. The Balaban J connectivity index is 1.54. The number of hydrogen-bond acceptors (Lipinski definition) is 4. The average molecular weight is 429 g/mol. The number of ether oxygens (including phenoxy) is 1. The number of anilines is 1.